The third-order valence-electron chi connectivity index (χ3n) is 5.16. The summed E-state index contributed by atoms with van der Waals surface area (Å²) < 4.78 is 5.58. The van der Waals surface area contributed by atoms with Crippen LogP contribution in [-0.4, -0.2) is 5.97 Å². The first-order chi connectivity index (χ1) is 11.5. The minimum absolute atomic E-state index is 0. The summed E-state index contributed by atoms with van der Waals surface area (Å²) in [5, 5.41) is 0. The fourth-order valence-corrected chi connectivity index (χ4v) is 3.26. The zero-order valence-corrected chi connectivity index (χ0v) is 18.2. The van der Waals surface area contributed by atoms with E-state index < -0.39 is 0 Å². The summed E-state index contributed by atoms with van der Waals surface area (Å²) in [5.41, 5.74) is 4.65. The Morgan fingerprint density at radius 1 is 1.04 bits per heavy atom. The van der Waals surface area contributed by atoms with Crippen LogP contribution in [-0.2, 0) is 37.5 Å². The molecule has 0 N–H and O–H groups in total. The van der Waals surface area contributed by atoms with E-state index in [-0.39, 0.29) is 44.6 Å². The minimum atomic E-state index is -0.0748. The fourth-order valence-electron chi connectivity index (χ4n) is 3.26. The number of rotatable bonds is 3. The third kappa shape index (κ3) is 5.25. The van der Waals surface area contributed by atoms with Crippen molar-refractivity contribution in [3.05, 3.63) is 53.6 Å². The van der Waals surface area contributed by atoms with E-state index in [0.29, 0.717) is 5.75 Å². The van der Waals surface area contributed by atoms with Crippen molar-refractivity contribution in [3.63, 3.8) is 0 Å². The van der Waals surface area contributed by atoms with E-state index in [9.17, 15) is 4.79 Å². The Balaban J connectivity index is 0.00000225. The van der Waals surface area contributed by atoms with Crippen molar-refractivity contribution >= 4 is 5.97 Å². The molecule has 1 aliphatic rings. The summed E-state index contributed by atoms with van der Waals surface area (Å²) in [6.07, 6.45) is 4.16. The van der Waals surface area contributed by atoms with Gasteiger partial charge in [0.1, 0.15) is 5.75 Å². The molecular weight excluding hydrogens is 385 g/mol. The van der Waals surface area contributed by atoms with Crippen molar-refractivity contribution in [3.8, 4) is 16.9 Å². The van der Waals surface area contributed by atoms with Gasteiger partial charge in [0.2, 0.25) is 0 Å². The minimum Gasteiger partial charge on any atom is -0.426 e. The summed E-state index contributed by atoms with van der Waals surface area (Å²) in [6, 6.07) is 15.2. The molecule has 1 saturated carbocycles. The second-order valence-electron chi connectivity index (χ2n) is 7.10. The molecule has 1 fully saturated rings. The zero-order valence-electron chi connectivity index (χ0n) is 15.3. The largest absolute Gasteiger partial charge is 0.426 e. The van der Waals surface area contributed by atoms with E-state index in [1.54, 1.807) is 0 Å². The van der Waals surface area contributed by atoms with E-state index in [1.807, 2.05) is 30.3 Å². The van der Waals surface area contributed by atoms with Crippen molar-refractivity contribution in [2.75, 3.05) is 0 Å². The molecule has 1 aliphatic carbocycles. The second kappa shape index (κ2) is 9.10. The number of carbonyl (C=O) groups excluding carboxylic acids is 1. The molecule has 2 aromatic rings. The number of benzene rings is 2. The predicted octanol–water partition coefficient (Wildman–Crippen LogP) is 5.50. The van der Waals surface area contributed by atoms with Crippen LogP contribution in [0.2, 0.25) is 0 Å². The summed E-state index contributed by atoms with van der Waals surface area (Å²) in [6.45, 7) is 6.41. The molecule has 2 aromatic carbocycles. The topological polar surface area (TPSA) is 26.3 Å². The smallest absolute Gasteiger partial charge is 0.314 e. The number of carbonyl (C=O) groups is 1. The molecule has 0 aromatic heterocycles. The van der Waals surface area contributed by atoms with Gasteiger partial charge in [-0.25, -0.2) is 0 Å². The summed E-state index contributed by atoms with van der Waals surface area (Å²) in [4.78, 5) is 12.3. The Hall–Kier alpha value is -0.986. The van der Waals surface area contributed by atoms with Crippen molar-refractivity contribution in [1.29, 1.82) is 0 Å². The van der Waals surface area contributed by atoms with Crippen molar-refractivity contribution in [2.24, 2.45) is 11.8 Å². The molecule has 0 spiro atoms. The molecule has 0 unspecified atom stereocenters. The van der Waals surface area contributed by atoms with Crippen LogP contribution in [0.3, 0.4) is 0 Å². The van der Waals surface area contributed by atoms with Crippen molar-refractivity contribution in [2.45, 2.75) is 46.5 Å². The average molecular weight is 410 g/mol. The summed E-state index contributed by atoms with van der Waals surface area (Å²) in [7, 11) is 0. The van der Waals surface area contributed by atoms with Crippen LogP contribution in [0.1, 0.15) is 43.7 Å². The molecule has 3 rings (SSSR count). The number of hydrogen-bond acceptors (Lipinski definition) is 2. The maximum absolute atomic E-state index is 12.3. The monoisotopic (exact) mass is 410 g/mol. The van der Waals surface area contributed by atoms with Gasteiger partial charge < -0.3 is 4.74 Å². The number of hydrogen-bond donors (Lipinski definition) is 0. The van der Waals surface area contributed by atoms with Gasteiger partial charge in [-0.15, -0.1) is 5.56 Å². The molecule has 1 radical (unpaired) electrons. The maximum Gasteiger partial charge on any atom is 0.314 e. The van der Waals surface area contributed by atoms with Gasteiger partial charge in [0.15, 0.2) is 0 Å². The van der Waals surface area contributed by atoms with Crippen molar-refractivity contribution < 1.29 is 42.2 Å². The van der Waals surface area contributed by atoms with Gasteiger partial charge in [-0.1, -0.05) is 38.5 Å². The molecule has 0 atom stereocenters. The molecule has 0 saturated heterocycles. The Kier molecular flexibility index (Phi) is 7.40. The predicted molar refractivity (Wildman–Crippen MR) is 96.9 cm³/mol. The van der Waals surface area contributed by atoms with E-state index in [0.717, 1.165) is 42.7 Å². The first-order valence-corrected chi connectivity index (χ1v) is 8.84. The van der Waals surface area contributed by atoms with Crippen LogP contribution >= 0.6 is 0 Å². The van der Waals surface area contributed by atoms with Gasteiger partial charge in [-0.2, -0.15) is 29.3 Å². The molecule has 0 amide bonds. The summed E-state index contributed by atoms with van der Waals surface area (Å²) >= 11 is 0. The Morgan fingerprint density at radius 3 is 2.28 bits per heavy atom. The van der Waals surface area contributed by atoms with Crippen LogP contribution in [0.5, 0.6) is 5.75 Å². The van der Waals surface area contributed by atoms with Gasteiger partial charge in [-0.3, -0.25) is 4.79 Å². The quantitative estimate of drug-likeness (QED) is 0.380. The third-order valence-corrected chi connectivity index (χ3v) is 5.16. The molecule has 0 aliphatic heterocycles. The van der Waals surface area contributed by atoms with Crippen LogP contribution in [0, 0.1) is 31.7 Å². The zero-order chi connectivity index (χ0) is 17.1. The molecule has 25 heavy (non-hydrogen) atoms. The molecule has 2 nitrogen and oxygen atoms in total. The Labute approximate surface area is 176 Å². The van der Waals surface area contributed by atoms with Crippen LogP contribution < -0.4 is 4.74 Å². The normalized spacial score (nSPS) is 19.8. The number of aryl methyl sites for hydroxylation is 2. The maximum atomic E-state index is 12.3. The van der Waals surface area contributed by atoms with E-state index in [4.69, 9.17) is 4.74 Å². The SMILES string of the molecule is Cc1[c-]cc(-c2ccc(OC(=O)C3CCC(C)CC3)cc2)cc1C.[Y]. The average Bonchev–Trinajstić information content (AvgIpc) is 2.58. The van der Waals surface area contributed by atoms with Gasteiger partial charge in [0.25, 0.3) is 0 Å². The molecule has 3 heteroatoms. The number of ether oxygens (including phenoxy) is 1. The van der Waals surface area contributed by atoms with Crippen LogP contribution in [0.25, 0.3) is 11.1 Å². The fraction of sp³-hybridized carbons (Fsp3) is 0.409. The van der Waals surface area contributed by atoms with Crippen molar-refractivity contribution in [1.82, 2.24) is 0 Å². The second-order valence-corrected chi connectivity index (χ2v) is 7.10. The first kappa shape index (κ1) is 20.3. The standard InChI is InChI=1S/C22H25O2.Y/c1-15-4-7-19(8-5-15)22(23)24-21-12-10-18(11-13-21)20-9-6-16(2)17(3)14-20;/h9-15,19H,4-5,7-8H2,1-3H3;/q-1;. The molecule has 0 heterocycles. The first-order valence-electron chi connectivity index (χ1n) is 8.84. The van der Waals surface area contributed by atoms with Gasteiger partial charge >= 0.3 is 5.97 Å². The summed E-state index contributed by atoms with van der Waals surface area (Å²) in [5.74, 6) is 1.36. The van der Waals surface area contributed by atoms with E-state index >= 15 is 0 Å². The molecular formula is C22H25O2Y-. The van der Waals surface area contributed by atoms with Gasteiger partial charge in [-0.05, 0) is 43.7 Å². The van der Waals surface area contributed by atoms with Crippen LogP contribution in [0.15, 0.2) is 36.4 Å². The molecule has 129 valence electrons. The molecule has 0 bridgehead atoms. The van der Waals surface area contributed by atoms with E-state index in [1.165, 1.54) is 11.1 Å². The Morgan fingerprint density at radius 2 is 1.68 bits per heavy atom. The Bertz CT molecular complexity index is 713. The number of esters is 1. The van der Waals surface area contributed by atoms with E-state index in [2.05, 4.69) is 32.9 Å². The van der Waals surface area contributed by atoms with Crippen LogP contribution in [0.4, 0.5) is 0 Å². The van der Waals surface area contributed by atoms with Gasteiger partial charge in [0.05, 0.1) is 5.92 Å². The van der Waals surface area contributed by atoms with Gasteiger partial charge in [0, 0.05) is 32.7 Å².